The van der Waals surface area contributed by atoms with Crippen molar-refractivity contribution in [1.82, 2.24) is 15.3 Å². The van der Waals surface area contributed by atoms with Gasteiger partial charge in [0.1, 0.15) is 11.6 Å². The number of imidazole rings is 1. The van der Waals surface area contributed by atoms with Gasteiger partial charge in [-0.25, -0.2) is 4.98 Å². The molecule has 0 aliphatic carbocycles. The summed E-state index contributed by atoms with van der Waals surface area (Å²) in [6.07, 6.45) is 6.24. The van der Waals surface area contributed by atoms with E-state index in [-0.39, 0.29) is 0 Å². The first-order valence-corrected chi connectivity index (χ1v) is 5.08. The number of hydrogen-bond acceptors (Lipinski definition) is 3. The summed E-state index contributed by atoms with van der Waals surface area (Å²) in [5.74, 6) is 2.02. The van der Waals surface area contributed by atoms with Gasteiger partial charge < -0.3 is 14.7 Å². The van der Waals surface area contributed by atoms with E-state index in [1.807, 2.05) is 19.2 Å². The van der Waals surface area contributed by atoms with Crippen molar-refractivity contribution in [3.05, 3.63) is 41.9 Å². The maximum atomic E-state index is 5.32. The van der Waals surface area contributed by atoms with Crippen LogP contribution in [0.2, 0.25) is 0 Å². The summed E-state index contributed by atoms with van der Waals surface area (Å²) in [5, 5.41) is 3.31. The standard InChI is InChI=1S/C11H15N3O/c1-9-3-7-15-10(9)8-12-4-2-11-13-5-6-14-11/h3,5-7,12H,2,4,8H2,1H3,(H,13,14). The molecule has 0 fully saturated rings. The fourth-order valence-corrected chi connectivity index (χ4v) is 1.43. The van der Waals surface area contributed by atoms with Crippen molar-refractivity contribution in [2.24, 2.45) is 0 Å². The predicted molar refractivity (Wildman–Crippen MR) is 57.4 cm³/mol. The van der Waals surface area contributed by atoms with Crippen molar-refractivity contribution < 1.29 is 4.42 Å². The lowest BCUT2D eigenvalue weighted by Gasteiger charge is -2.01. The zero-order valence-electron chi connectivity index (χ0n) is 8.79. The van der Waals surface area contributed by atoms with Crippen molar-refractivity contribution in [3.8, 4) is 0 Å². The van der Waals surface area contributed by atoms with E-state index in [4.69, 9.17) is 4.42 Å². The van der Waals surface area contributed by atoms with Gasteiger partial charge in [0, 0.05) is 25.4 Å². The maximum Gasteiger partial charge on any atom is 0.120 e. The summed E-state index contributed by atoms with van der Waals surface area (Å²) in [6, 6.07) is 1.98. The number of nitrogens with zero attached hydrogens (tertiary/aromatic N) is 1. The van der Waals surface area contributed by atoms with E-state index in [1.54, 1.807) is 12.5 Å². The molecule has 0 aliphatic rings. The van der Waals surface area contributed by atoms with Gasteiger partial charge in [0.25, 0.3) is 0 Å². The SMILES string of the molecule is Cc1ccoc1CNCCc1ncc[nH]1. The molecule has 0 saturated heterocycles. The number of rotatable bonds is 5. The predicted octanol–water partition coefficient (Wildman–Crippen LogP) is 1.64. The molecular formula is C11H15N3O. The highest BCUT2D eigenvalue weighted by atomic mass is 16.3. The summed E-state index contributed by atoms with van der Waals surface area (Å²) in [5.41, 5.74) is 1.19. The van der Waals surface area contributed by atoms with Crippen LogP contribution in [0.1, 0.15) is 17.1 Å². The molecule has 0 aliphatic heterocycles. The molecule has 0 spiro atoms. The van der Waals surface area contributed by atoms with E-state index in [0.717, 1.165) is 31.1 Å². The second-order valence-corrected chi connectivity index (χ2v) is 3.49. The van der Waals surface area contributed by atoms with Crippen LogP contribution in [-0.4, -0.2) is 16.5 Å². The van der Waals surface area contributed by atoms with Crippen LogP contribution in [0.3, 0.4) is 0 Å². The van der Waals surface area contributed by atoms with Crippen LogP contribution < -0.4 is 5.32 Å². The molecule has 2 aromatic rings. The summed E-state index contributed by atoms with van der Waals surface area (Å²) in [4.78, 5) is 7.22. The molecular weight excluding hydrogens is 190 g/mol. The molecule has 2 aromatic heterocycles. The zero-order valence-corrected chi connectivity index (χ0v) is 8.79. The molecule has 0 saturated carbocycles. The van der Waals surface area contributed by atoms with Gasteiger partial charge in [0.2, 0.25) is 0 Å². The van der Waals surface area contributed by atoms with E-state index >= 15 is 0 Å². The van der Waals surface area contributed by atoms with Crippen molar-refractivity contribution >= 4 is 0 Å². The molecule has 0 unspecified atom stereocenters. The second kappa shape index (κ2) is 4.79. The van der Waals surface area contributed by atoms with Crippen molar-refractivity contribution in [1.29, 1.82) is 0 Å². The average molecular weight is 205 g/mol. The summed E-state index contributed by atoms with van der Waals surface area (Å²) in [7, 11) is 0. The Kier molecular flexibility index (Phi) is 3.19. The van der Waals surface area contributed by atoms with E-state index in [2.05, 4.69) is 15.3 Å². The zero-order chi connectivity index (χ0) is 10.5. The normalized spacial score (nSPS) is 10.7. The number of aryl methyl sites for hydroxylation is 1. The van der Waals surface area contributed by atoms with Crippen LogP contribution >= 0.6 is 0 Å². The Balaban J connectivity index is 1.70. The van der Waals surface area contributed by atoms with Crippen LogP contribution in [0.25, 0.3) is 0 Å². The number of hydrogen-bond donors (Lipinski definition) is 2. The third kappa shape index (κ3) is 2.70. The molecule has 4 nitrogen and oxygen atoms in total. The van der Waals surface area contributed by atoms with Gasteiger partial charge in [-0.15, -0.1) is 0 Å². The Labute approximate surface area is 88.7 Å². The first-order valence-electron chi connectivity index (χ1n) is 5.08. The number of aromatic amines is 1. The summed E-state index contributed by atoms with van der Waals surface area (Å²) in [6.45, 7) is 3.72. The molecule has 0 aromatic carbocycles. The minimum Gasteiger partial charge on any atom is -0.468 e. The Hall–Kier alpha value is -1.55. The lowest BCUT2D eigenvalue weighted by Crippen LogP contribution is -2.17. The third-order valence-corrected chi connectivity index (χ3v) is 2.35. The van der Waals surface area contributed by atoms with Crippen LogP contribution in [-0.2, 0) is 13.0 Å². The highest BCUT2D eigenvalue weighted by Gasteiger charge is 2.00. The smallest absolute Gasteiger partial charge is 0.120 e. The van der Waals surface area contributed by atoms with E-state index < -0.39 is 0 Å². The van der Waals surface area contributed by atoms with Gasteiger partial charge >= 0.3 is 0 Å². The molecule has 2 heterocycles. The van der Waals surface area contributed by atoms with E-state index in [9.17, 15) is 0 Å². The highest BCUT2D eigenvalue weighted by molar-refractivity contribution is 5.14. The van der Waals surface area contributed by atoms with Gasteiger partial charge in [0.05, 0.1) is 12.8 Å². The Morgan fingerprint density at radius 3 is 3.13 bits per heavy atom. The third-order valence-electron chi connectivity index (χ3n) is 2.35. The average Bonchev–Trinajstić information content (AvgIpc) is 2.85. The molecule has 2 N–H and O–H groups in total. The molecule has 0 radical (unpaired) electrons. The number of nitrogens with one attached hydrogen (secondary N) is 2. The van der Waals surface area contributed by atoms with Gasteiger partial charge in [-0.05, 0) is 18.6 Å². The van der Waals surface area contributed by atoms with Gasteiger partial charge in [-0.3, -0.25) is 0 Å². The van der Waals surface area contributed by atoms with Crippen LogP contribution in [0, 0.1) is 6.92 Å². The van der Waals surface area contributed by atoms with Crippen molar-refractivity contribution in [2.75, 3.05) is 6.54 Å². The highest BCUT2D eigenvalue weighted by Crippen LogP contribution is 2.07. The monoisotopic (exact) mass is 205 g/mol. The minimum atomic E-state index is 0.777. The quantitative estimate of drug-likeness (QED) is 0.730. The number of aromatic nitrogens is 2. The molecule has 15 heavy (non-hydrogen) atoms. The fourth-order valence-electron chi connectivity index (χ4n) is 1.43. The molecule has 0 bridgehead atoms. The van der Waals surface area contributed by atoms with Crippen LogP contribution in [0.15, 0.2) is 29.1 Å². The summed E-state index contributed by atoms with van der Waals surface area (Å²) < 4.78 is 5.32. The van der Waals surface area contributed by atoms with Crippen molar-refractivity contribution in [2.45, 2.75) is 19.9 Å². The van der Waals surface area contributed by atoms with Gasteiger partial charge in [-0.2, -0.15) is 0 Å². The molecule has 0 amide bonds. The van der Waals surface area contributed by atoms with E-state index in [1.165, 1.54) is 5.56 Å². The fraction of sp³-hybridized carbons (Fsp3) is 0.364. The van der Waals surface area contributed by atoms with Crippen LogP contribution in [0.5, 0.6) is 0 Å². The number of furan rings is 1. The summed E-state index contributed by atoms with van der Waals surface area (Å²) >= 11 is 0. The lowest BCUT2D eigenvalue weighted by atomic mass is 10.3. The van der Waals surface area contributed by atoms with Gasteiger partial charge in [0.15, 0.2) is 0 Å². The Morgan fingerprint density at radius 1 is 1.53 bits per heavy atom. The Morgan fingerprint density at radius 2 is 2.47 bits per heavy atom. The van der Waals surface area contributed by atoms with Crippen molar-refractivity contribution in [3.63, 3.8) is 0 Å². The first kappa shape index (κ1) is 9.98. The minimum absolute atomic E-state index is 0.777. The first-order chi connectivity index (χ1) is 7.36. The molecule has 4 heteroatoms. The van der Waals surface area contributed by atoms with E-state index in [0.29, 0.717) is 0 Å². The Bertz CT molecular complexity index is 392. The van der Waals surface area contributed by atoms with Crippen LogP contribution in [0.4, 0.5) is 0 Å². The topological polar surface area (TPSA) is 53.9 Å². The molecule has 0 atom stereocenters. The molecule has 2 rings (SSSR count). The lowest BCUT2D eigenvalue weighted by molar-refractivity contribution is 0.480. The van der Waals surface area contributed by atoms with Gasteiger partial charge in [-0.1, -0.05) is 0 Å². The molecule has 80 valence electrons. The second-order valence-electron chi connectivity index (χ2n) is 3.49. The largest absolute Gasteiger partial charge is 0.468 e. The maximum absolute atomic E-state index is 5.32. The number of H-pyrrole nitrogens is 1.